The molecule has 0 atom stereocenters. The molecule has 0 N–H and O–H groups in total. The van der Waals surface area contributed by atoms with Crippen LogP contribution in [0.5, 0.6) is 5.88 Å². The van der Waals surface area contributed by atoms with Crippen LogP contribution >= 0.6 is 11.6 Å². The van der Waals surface area contributed by atoms with Gasteiger partial charge in [0.2, 0.25) is 5.88 Å². The second-order valence-corrected chi connectivity index (χ2v) is 5.09. The first kappa shape index (κ1) is 16.4. The molecule has 7 nitrogen and oxygen atoms in total. The molecule has 1 aromatic rings. The molecule has 1 fully saturated rings. The predicted molar refractivity (Wildman–Crippen MR) is 80.3 cm³/mol. The maximum atomic E-state index is 12.5. The van der Waals surface area contributed by atoms with Crippen molar-refractivity contribution in [3.63, 3.8) is 0 Å². The summed E-state index contributed by atoms with van der Waals surface area (Å²) in [6.45, 7) is 3.88. The average molecular weight is 328 g/mol. The van der Waals surface area contributed by atoms with Crippen molar-refractivity contribution in [2.24, 2.45) is 0 Å². The largest absolute Gasteiger partial charge is 0.481 e. The van der Waals surface area contributed by atoms with Gasteiger partial charge in [-0.3, -0.25) is 4.79 Å². The molecule has 0 aromatic carbocycles. The molecule has 2 heterocycles. The third-order valence-electron chi connectivity index (χ3n) is 3.32. The van der Waals surface area contributed by atoms with Crippen LogP contribution in [0.15, 0.2) is 12.1 Å². The number of hydrogen-bond donors (Lipinski definition) is 0. The molecule has 0 spiro atoms. The number of hydrogen-bond acceptors (Lipinski definition) is 5. The van der Waals surface area contributed by atoms with Gasteiger partial charge in [0.1, 0.15) is 5.15 Å². The molecule has 0 saturated carbocycles. The normalized spacial score (nSPS) is 14.7. The van der Waals surface area contributed by atoms with E-state index >= 15 is 0 Å². The number of amides is 2. The monoisotopic (exact) mass is 327 g/mol. The highest BCUT2D eigenvalue weighted by molar-refractivity contribution is 6.29. The number of nitrogens with zero attached hydrogens (tertiary/aromatic N) is 3. The van der Waals surface area contributed by atoms with Gasteiger partial charge in [0.05, 0.1) is 13.7 Å². The summed E-state index contributed by atoms with van der Waals surface area (Å²) < 4.78 is 9.96. The smallest absolute Gasteiger partial charge is 0.409 e. The Balaban J connectivity index is 2.00. The lowest BCUT2D eigenvalue weighted by atomic mass is 10.2. The first-order valence-electron chi connectivity index (χ1n) is 6.97. The summed E-state index contributed by atoms with van der Waals surface area (Å²) >= 11 is 5.88. The van der Waals surface area contributed by atoms with Crippen molar-refractivity contribution in [2.75, 3.05) is 39.9 Å². The number of carbonyl (C=O) groups is 2. The standard InChI is InChI=1S/C14H18ClN3O4/c1-3-22-14(20)18-6-4-17(5-7-18)13(19)10-8-11(15)16-12(9-10)21-2/h8-9H,3-7H2,1-2H3. The predicted octanol–water partition coefficient (Wildman–Crippen LogP) is 1.66. The summed E-state index contributed by atoms with van der Waals surface area (Å²) in [5.41, 5.74) is 0.418. The summed E-state index contributed by atoms with van der Waals surface area (Å²) in [6.07, 6.45) is -0.344. The number of piperazine rings is 1. The lowest BCUT2D eigenvalue weighted by Gasteiger charge is -2.34. The second-order valence-electron chi connectivity index (χ2n) is 4.70. The van der Waals surface area contributed by atoms with Crippen LogP contribution in [0.3, 0.4) is 0 Å². The van der Waals surface area contributed by atoms with Gasteiger partial charge in [-0.05, 0) is 13.0 Å². The summed E-state index contributed by atoms with van der Waals surface area (Å²) in [4.78, 5) is 31.3. The highest BCUT2D eigenvalue weighted by Gasteiger charge is 2.26. The van der Waals surface area contributed by atoms with Gasteiger partial charge in [0, 0.05) is 37.8 Å². The molecule has 0 radical (unpaired) electrons. The van der Waals surface area contributed by atoms with Crippen molar-refractivity contribution >= 4 is 23.6 Å². The van der Waals surface area contributed by atoms with E-state index in [1.165, 1.54) is 13.2 Å². The first-order valence-corrected chi connectivity index (χ1v) is 7.35. The molecule has 22 heavy (non-hydrogen) atoms. The topological polar surface area (TPSA) is 72.0 Å². The van der Waals surface area contributed by atoms with Crippen LogP contribution in [0, 0.1) is 0 Å². The average Bonchev–Trinajstić information content (AvgIpc) is 2.54. The van der Waals surface area contributed by atoms with Crippen LogP contribution in [0.1, 0.15) is 17.3 Å². The zero-order valence-corrected chi connectivity index (χ0v) is 13.3. The molecule has 1 aliphatic rings. The van der Waals surface area contributed by atoms with Gasteiger partial charge in [-0.15, -0.1) is 0 Å². The van der Waals surface area contributed by atoms with Crippen molar-refractivity contribution in [1.29, 1.82) is 0 Å². The van der Waals surface area contributed by atoms with E-state index in [-0.39, 0.29) is 17.2 Å². The third kappa shape index (κ3) is 3.79. The van der Waals surface area contributed by atoms with Gasteiger partial charge in [-0.1, -0.05) is 11.6 Å². The van der Waals surface area contributed by atoms with E-state index in [4.69, 9.17) is 21.1 Å². The molecule has 8 heteroatoms. The minimum atomic E-state index is -0.344. The number of pyridine rings is 1. The molecule has 1 aromatic heterocycles. The Morgan fingerprint density at radius 1 is 1.23 bits per heavy atom. The van der Waals surface area contributed by atoms with E-state index in [1.54, 1.807) is 22.8 Å². The fraction of sp³-hybridized carbons (Fsp3) is 0.500. The highest BCUT2D eigenvalue weighted by Crippen LogP contribution is 2.18. The second kappa shape index (κ2) is 7.31. The number of ether oxygens (including phenoxy) is 2. The SMILES string of the molecule is CCOC(=O)N1CCN(C(=O)c2cc(Cl)nc(OC)c2)CC1. The van der Waals surface area contributed by atoms with Gasteiger partial charge in [-0.2, -0.15) is 0 Å². The quantitative estimate of drug-likeness (QED) is 0.789. The minimum Gasteiger partial charge on any atom is -0.481 e. The molecule has 120 valence electrons. The van der Waals surface area contributed by atoms with Gasteiger partial charge < -0.3 is 19.3 Å². The van der Waals surface area contributed by atoms with Crippen LogP contribution in [0.2, 0.25) is 5.15 Å². The molecule has 0 aliphatic carbocycles. The van der Waals surface area contributed by atoms with Crippen molar-refractivity contribution in [1.82, 2.24) is 14.8 Å². The van der Waals surface area contributed by atoms with E-state index in [0.29, 0.717) is 44.2 Å². The number of methoxy groups -OCH3 is 1. The maximum absolute atomic E-state index is 12.5. The fourth-order valence-electron chi connectivity index (χ4n) is 2.19. The number of aromatic nitrogens is 1. The summed E-state index contributed by atoms with van der Waals surface area (Å²) in [5.74, 6) is 0.132. The van der Waals surface area contributed by atoms with Gasteiger partial charge in [0.25, 0.3) is 5.91 Å². The zero-order valence-electron chi connectivity index (χ0n) is 12.5. The van der Waals surface area contributed by atoms with Gasteiger partial charge in [0.15, 0.2) is 0 Å². The van der Waals surface area contributed by atoms with Crippen LogP contribution < -0.4 is 4.74 Å². The lowest BCUT2D eigenvalue weighted by Crippen LogP contribution is -2.50. The van der Waals surface area contributed by atoms with Crippen LogP contribution in [-0.2, 0) is 4.74 Å². The third-order valence-corrected chi connectivity index (χ3v) is 3.51. The van der Waals surface area contributed by atoms with Gasteiger partial charge >= 0.3 is 6.09 Å². The summed E-state index contributed by atoms with van der Waals surface area (Å²) in [7, 11) is 1.46. The Morgan fingerprint density at radius 2 is 1.86 bits per heavy atom. The molecule has 2 amide bonds. The lowest BCUT2D eigenvalue weighted by molar-refractivity contribution is 0.0570. The molecular formula is C14H18ClN3O4. The summed E-state index contributed by atoms with van der Waals surface area (Å²) in [6, 6.07) is 3.05. The van der Waals surface area contributed by atoms with E-state index in [9.17, 15) is 9.59 Å². The molecule has 0 bridgehead atoms. The Bertz CT molecular complexity index is 559. The van der Waals surface area contributed by atoms with Crippen LogP contribution in [0.25, 0.3) is 0 Å². The van der Waals surface area contributed by atoms with Crippen molar-refractivity contribution in [3.8, 4) is 5.88 Å². The number of halogens is 1. The Morgan fingerprint density at radius 3 is 2.45 bits per heavy atom. The highest BCUT2D eigenvalue weighted by atomic mass is 35.5. The summed E-state index contributed by atoms with van der Waals surface area (Å²) in [5, 5.41) is 0.202. The van der Waals surface area contributed by atoms with Crippen molar-refractivity contribution in [3.05, 3.63) is 22.8 Å². The van der Waals surface area contributed by atoms with Crippen LogP contribution in [-0.4, -0.2) is 66.7 Å². The van der Waals surface area contributed by atoms with E-state index in [0.717, 1.165) is 0 Å². The fourth-order valence-corrected chi connectivity index (χ4v) is 2.39. The zero-order chi connectivity index (χ0) is 16.1. The molecule has 0 unspecified atom stereocenters. The first-order chi connectivity index (χ1) is 10.5. The van der Waals surface area contributed by atoms with E-state index in [2.05, 4.69) is 4.98 Å². The van der Waals surface area contributed by atoms with E-state index < -0.39 is 0 Å². The Hall–Kier alpha value is -2.02. The van der Waals surface area contributed by atoms with Crippen LogP contribution in [0.4, 0.5) is 4.79 Å². The number of rotatable bonds is 3. The minimum absolute atomic E-state index is 0.161. The molecule has 2 rings (SSSR count). The van der Waals surface area contributed by atoms with E-state index in [1.807, 2.05) is 0 Å². The van der Waals surface area contributed by atoms with Crippen molar-refractivity contribution < 1.29 is 19.1 Å². The van der Waals surface area contributed by atoms with Gasteiger partial charge in [-0.25, -0.2) is 9.78 Å². The molecule has 1 saturated heterocycles. The Kier molecular flexibility index (Phi) is 5.43. The molecule has 1 aliphatic heterocycles. The maximum Gasteiger partial charge on any atom is 0.409 e. The Labute approximate surface area is 133 Å². The van der Waals surface area contributed by atoms with Crippen molar-refractivity contribution in [2.45, 2.75) is 6.92 Å². The molecular weight excluding hydrogens is 310 g/mol. The number of carbonyl (C=O) groups excluding carboxylic acids is 2.